The number of rotatable bonds is 0. The Balaban J connectivity index is 2.14. The van der Waals surface area contributed by atoms with Crippen LogP contribution in [-0.2, 0) is 0 Å². The SMILES string of the molecule is c1ccc2c(c1)[nH]c1c2cnc2[nH]c3ccccc3c21. The van der Waals surface area contributed by atoms with Gasteiger partial charge >= 0.3 is 0 Å². The summed E-state index contributed by atoms with van der Waals surface area (Å²) in [4.78, 5) is 11.5. The van der Waals surface area contributed by atoms with E-state index in [-0.39, 0.29) is 0 Å². The Morgan fingerprint density at radius 2 is 1.40 bits per heavy atom. The highest BCUT2D eigenvalue weighted by molar-refractivity contribution is 6.22. The van der Waals surface area contributed by atoms with Gasteiger partial charge in [0.25, 0.3) is 0 Å². The van der Waals surface area contributed by atoms with E-state index in [1.165, 1.54) is 21.5 Å². The maximum absolute atomic E-state index is 4.59. The zero-order valence-electron chi connectivity index (χ0n) is 10.6. The van der Waals surface area contributed by atoms with Gasteiger partial charge in [-0.1, -0.05) is 36.4 Å². The van der Waals surface area contributed by atoms with Gasteiger partial charge in [0.1, 0.15) is 5.65 Å². The number of fused-ring (bicyclic) bond motifs is 7. The summed E-state index contributed by atoms with van der Waals surface area (Å²) in [5.41, 5.74) is 4.38. The van der Waals surface area contributed by atoms with Crippen molar-refractivity contribution in [2.24, 2.45) is 0 Å². The molecule has 0 fully saturated rings. The zero-order valence-corrected chi connectivity index (χ0v) is 10.6. The van der Waals surface area contributed by atoms with Gasteiger partial charge in [-0.25, -0.2) is 4.98 Å². The molecule has 0 saturated carbocycles. The van der Waals surface area contributed by atoms with E-state index < -0.39 is 0 Å². The third-order valence-corrected chi connectivity index (χ3v) is 4.01. The molecule has 3 aromatic heterocycles. The highest BCUT2D eigenvalue weighted by Gasteiger charge is 2.12. The maximum Gasteiger partial charge on any atom is 0.140 e. The number of aromatic amines is 2. The molecule has 94 valence electrons. The molecule has 0 bridgehead atoms. The molecule has 0 spiro atoms. The van der Waals surface area contributed by atoms with Crippen LogP contribution in [0.3, 0.4) is 0 Å². The monoisotopic (exact) mass is 257 g/mol. The molecule has 2 aromatic carbocycles. The van der Waals surface area contributed by atoms with E-state index in [1.54, 1.807) is 0 Å². The Labute approximate surface area is 114 Å². The van der Waals surface area contributed by atoms with E-state index in [0.29, 0.717) is 0 Å². The van der Waals surface area contributed by atoms with Gasteiger partial charge in [0, 0.05) is 33.4 Å². The molecule has 3 nitrogen and oxygen atoms in total. The van der Waals surface area contributed by atoms with Crippen LogP contribution in [0.1, 0.15) is 0 Å². The molecule has 0 atom stereocenters. The molecule has 5 rings (SSSR count). The molecule has 0 aliphatic heterocycles. The predicted molar refractivity (Wildman–Crippen MR) is 83.0 cm³/mol. The normalized spacial score (nSPS) is 12.0. The number of nitrogens with one attached hydrogen (secondary N) is 2. The van der Waals surface area contributed by atoms with Crippen molar-refractivity contribution in [3.8, 4) is 0 Å². The summed E-state index contributed by atoms with van der Waals surface area (Å²) < 4.78 is 0. The topological polar surface area (TPSA) is 44.5 Å². The van der Waals surface area contributed by atoms with Crippen LogP contribution in [0, 0.1) is 0 Å². The highest BCUT2D eigenvalue weighted by Crippen LogP contribution is 2.33. The number of pyridine rings is 1. The number of aromatic nitrogens is 3. The minimum absolute atomic E-state index is 0.935. The largest absolute Gasteiger partial charge is 0.354 e. The lowest BCUT2D eigenvalue weighted by molar-refractivity contribution is 1.37. The van der Waals surface area contributed by atoms with Crippen LogP contribution in [0.25, 0.3) is 43.7 Å². The van der Waals surface area contributed by atoms with Crippen LogP contribution in [0.4, 0.5) is 0 Å². The van der Waals surface area contributed by atoms with E-state index in [1.807, 2.05) is 12.3 Å². The second-order valence-corrected chi connectivity index (χ2v) is 5.11. The number of hydrogen-bond donors (Lipinski definition) is 2. The van der Waals surface area contributed by atoms with Gasteiger partial charge in [0.2, 0.25) is 0 Å². The molecule has 20 heavy (non-hydrogen) atoms. The first-order valence-corrected chi connectivity index (χ1v) is 6.68. The van der Waals surface area contributed by atoms with Crippen LogP contribution in [0.5, 0.6) is 0 Å². The Kier molecular flexibility index (Phi) is 1.70. The van der Waals surface area contributed by atoms with Gasteiger partial charge in [0.15, 0.2) is 0 Å². The number of para-hydroxylation sites is 2. The van der Waals surface area contributed by atoms with Crippen molar-refractivity contribution in [1.29, 1.82) is 0 Å². The van der Waals surface area contributed by atoms with E-state index in [0.717, 1.165) is 22.2 Å². The van der Waals surface area contributed by atoms with E-state index in [4.69, 9.17) is 0 Å². The lowest BCUT2D eigenvalue weighted by Crippen LogP contribution is -1.77. The van der Waals surface area contributed by atoms with Crippen LogP contribution < -0.4 is 0 Å². The summed E-state index contributed by atoms with van der Waals surface area (Å²) in [6.45, 7) is 0. The Morgan fingerprint density at radius 3 is 2.25 bits per heavy atom. The molecule has 0 unspecified atom stereocenters. The minimum Gasteiger partial charge on any atom is -0.354 e. The smallest absolute Gasteiger partial charge is 0.140 e. The molecule has 5 aromatic rings. The van der Waals surface area contributed by atoms with Crippen molar-refractivity contribution in [2.45, 2.75) is 0 Å². The minimum atomic E-state index is 0.935. The summed E-state index contributed by atoms with van der Waals surface area (Å²) >= 11 is 0. The van der Waals surface area contributed by atoms with Gasteiger partial charge in [0.05, 0.1) is 10.9 Å². The van der Waals surface area contributed by atoms with Crippen LogP contribution in [0.15, 0.2) is 54.7 Å². The maximum atomic E-state index is 4.59. The lowest BCUT2D eigenvalue weighted by atomic mass is 10.1. The molecule has 0 aliphatic rings. The summed E-state index contributed by atoms with van der Waals surface area (Å²) in [5, 5.41) is 4.79. The fourth-order valence-electron chi connectivity index (χ4n) is 3.10. The third-order valence-electron chi connectivity index (χ3n) is 4.01. The molecule has 3 heterocycles. The first-order valence-electron chi connectivity index (χ1n) is 6.68. The molecule has 0 radical (unpaired) electrons. The summed E-state index contributed by atoms with van der Waals surface area (Å²) in [5.74, 6) is 0. The molecule has 0 amide bonds. The first kappa shape index (κ1) is 10.0. The van der Waals surface area contributed by atoms with E-state index in [9.17, 15) is 0 Å². The van der Waals surface area contributed by atoms with Crippen LogP contribution >= 0.6 is 0 Å². The van der Waals surface area contributed by atoms with Crippen LogP contribution in [0.2, 0.25) is 0 Å². The average molecular weight is 257 g/mol. The van der Waals surface area contributed by atoms with Crippen molar-refractivity contribution in [3.05, 3.63) is 54.7 Å². The number of benzene rings is 2. The Morgan fingerprint density at radius 1 is 0.700 bits per heavy atom. The molecule has 0 saturated heterocycles. The lowest BCUT2D eigenvalue weighted by Gasteiger charge is -1.94. The molecule has 2 N–H and O–H groups in total. The fraction of sp³-hybridized carbons (Fsp3) is 0. The van der Waals surface area contributed by atoms with Gasteiger partial charge in [-0.15, -0.1) is 0 Å². The van der Waals surface area contributed by atoms with Gasteiger partial charge in [-0.05, 0) is 12.1 Å². The molecule has 3 heteroatoms. The molecular weight excluding hydrogens is 246 g/mol. The van der Waals surface area contributed by atoms with Gasteiger partial charge in [-0.3, -0.25) is 0 Å². The number of H-pyrrole nitrogens is 2. The standard InChI is InChI=1S/C17H11N3/c1-3-7-13-10(5-1)12-9-18-17-15(16(12)19-13)11-6-2-4-8-14(11)20-17/h1-9,19H,(H,18,20). The van der Waals surface area contributed by atoms with Crippen molar-refractivity contribution >= 4 is 43.7 Å². The third kappa shape index (κ3) is 1.12. The first-order chi connectivity index (χ1) is 9.92. The van der Waals surface area contributed by atoms with E-state index in [2.05, 4.69) is 57.4 Å². The van der Waals surface area contributed by atoms with Crippen molar-refractivity contribution in [2.75, 3.05) is 0 Å². The van der Waals surface area contributed by atoms with Crippen molar-refractivity contribution in [3.63, 3.8) is 0 Å². The zero-order chi connectivity index (χ0) is 13.1. The Bertz CT molecular complexity index is 1100. The molecular formula is C17H11N3. The number of hydrogen-bond acceptors (Lipinski definition) is 1. The summed E-state index contributed by atoms with van der Waals surface area (Å²) in [7, 11) is 0. The van der Waals surface area contributed by atoms with Crippen molar-refractivity contribution in [1.82, 2.24) is 15.0 Å². The van der Waals surface area contributed by atoms with Crippen LogP contribution in [-0.4, -0.2) is 15.0 Å². The second kappa shape index (κ2) is 3.39. The average Bonchev–Trinajstić information content (AvgIpc) is 3.04. The van der Waals surface area contributed by atoms with Gasteiger partial charge in [-0.2, -0.15) is 0 Å². The highest BCUT2D eigenvalue weighted by atomic mass is 14.9. The van der Waals surface area contributed by atoms with Crippen molar-refractivity contribution < 1.29 is 0 Å². The van der Waals surface area contributed by atoms with Gasteiger partial charge < -0.3 is 9.97 Å². The van der Waals surface area contributed by atoms with E-state index >= 15 is 0 Å². The number of nitrogens with zero attached hydrogens (tertiary/aromatic N) is 1. The Hall–Kier alpha value is -2.81. The predicted octanol–water partition coefficient (Wildman–Crippen LogP) is 4.35. The summed E-state index contributed by atoms with van der Waals surface area (Å²) in [6, 6.07) is 16.7. The summed E-state index contributed by atoms with van der Waals surface area (Å²) in [6.07, 6.45) is 1.95. The molecule has 0 aliphatic carbocycles. The fourth-order valence-corrected chi connectivity index (χ4v) is 3.10. The second-order valence-electron chi connectivity index (χ2n) is 5.11. The quantitative estimate of drug-likeness (QED) is 0.425.